The first kappa shape index (κ1) is 20.1. The first-order valence-electron chi connectivity index (χ1n) is 9.72. The van der Waals surface area contributed by atoms with Crippen molar-refractivity contribution >= 4 is 46.2 Å². The summed E-state index contributed by atoms with van der Waals surface area (Å²) in [6, 6.07) is 24.6. The highest BCUT2D eigenvalue weighted by molar-refractivity contribution is 7.80. The van der Waals surface area contributed by atoms with Gasteiger partial charge in [-0.3, -0.25) is 4.98 Å². The molecule has 0 spiro atoms. The molecule has 7 heteroatoms. The summed E-state index contributed by atoms with van der Waals surface area (Å²) in [6.45, 7) is 0. The molecule has 1 aliphatic rings. The van der Waals surface area contributed by atoms with E-state index in [0.29, 0.717) is 15.2 Å². The lowest BCUT2D eigenvalue weighted by Crippen LogP contribution is -2.29. The van der Waals surface area contributed by atoms with E-state index < -0.39 is 0 Å². The van der Waals surface area contributed by atoms with Crippen molar-refractivity contribution in [2.24, 2.45) is 0 Å². The highest BCUT2D eigenvalue weighted by Gasteiger charge is 2.42. The molecule has 4 nitrogen and oxygen atoms in total. The van der Waals surface area contributed by atoms with Gasteiger partial charge < -0.3 is 14.6 Å². The average Bonchev–Trinajstić information content (AvgIpc) is 3.40. The Balaban J connectivity index is 1.59. The second-order valence-corrected chi connectivity index (χ2v) is 8.44. The fourth-order valence-corrected chi connectivity index (χ4v) is 4.40. The normalized spacial score (nSPS) is 18.3. The largest absolute Gasteiger partial charge is 0.459 e. The van der Waals surface area contributed by atoms with Gasteiger partial charge in [-0.2, -0.15) is 0 Å². The Morgan fingerprint density at radius 3 is 2.26 bits per heavy atom. The zero-order valence-corrected chi connectivity index (χ0v) is 18.5. The molecule has 2 aromatic carbocycles. The number of furan rings is 1. The summed E-state index contributed by atoms with van der Waals surface area (Å²) < 4.78 is 6.33. The summed E-state index contributed by atoms with van der Waals surface area (Å²) in [5, 5.41) is 5.38. The fourth-order valence-electron chi connectivity index (χ4n) is 3.80. The summed E-state index contributed by atoms with van der Waals surface area (Å²) in [5.41, 5.74) is 2.77. The molecule has 1 N–H and O–H groups in total. The Hall–Kier alpha value is -2.86. The predicted octanol–water partition coefficient (Wildman–Crippen LogP) is 6.83. The number of benzene rings is 2. The van der Waals surface area contributed by atoms with E-state index in [0.717, 1.165) is 28.5 Å². The molecule has 0 aliphatic carbocycles. The van der Waals surface area contributed by atoms with Gasteiger partial charge in [0.2, 0.25) is 0 Å². The van der Waals surface area contributed by atoms with Crippen molar-refractivity contribution in [3.63, 3.8) is 0 Å². The minimum Gasteiger partial charge on any atom is -0.459 e. The Morgan fingerprint density at radius 2 is 1.58 bits per heavy atom. The molecule has 0 saturated carbocycles. The quantitative estimate of drug-likeness (QED) is 0.334. The van der Waals surface area contributed by atoms with Crippen LogP contribution in [0.2, 0.25) is 10.0 Å². The van der Waals surface area contributed by atoms with Crippen LogP contribution in [0.1, 0.15) is 23.5 Å². The van der Waals surface area contributed by atoms with E-state index in [2.05, 4.69) is 15.2 Å². The number of halogens is 2. The Morgan fingerprint density at radius 1 is 0.871 bits per heavy atom. The maximum absolute atomic E-state index is 6.33. The van der Waals surface area contributed by atoms with E-state index in [1.165, 1.54) is 0 Å². The zero-order valence-electron chi connectivity index (χ0n) is 16.2. The number of thiocarbonyl (C=S) groups is 1. The molecule has 2 atom stereocenters. The summed E-state index contributed by atoms with van der Waals surface area (Å²) in [4.78, 5) is 6.61. The van der Waals surface area contributed by atoms with Gasteiger partial charge in [0, 0.05) is 27.5 Å². The van der Waals surface area contributed by atoms with Crippen LogP contribution in [0.4, 0.5) is 5.69 Å². The van der Waals surface area contributed by atoms with Gasteiger partial charge in [0.1, 0.15) is 17.6 Å². The molecular weight excluding hydrogens is 449 g/mol. The third kappa shape index (κ3) is 3.92. The Labute approximate surface area is 195 Å². The molecule has 1 aliphatic heterocycles. The van der Waals surface area contributed by atoms with Gasteiger partial charge in [-0.05, 0) is 85.0 Å². The summed E-state index contributed by atoms with van der Waals surface area (Å²) in [6.07, 6.45) is 1.78. The lowest BCUT2D eigenvalue weighted by atomic mass is 10.0. The monoisotopic (exact) mass is 465 g/mol. The number of anilines is 1. The van der Waals surface area contributed by atoms with Gasteiger partial charge in [0.25, 0.3) is 0 Å². The van der Waals surface area contributed by atoms with Crippen LogP contribution in [0.25, 0.3) is 11.3 Å². The van der Waals surface area contributed by atoms with Crippen molar-refractivity contribution in [2.45, 2.75) is 12.1 Å². The van der Waals surface area contributed by atoms with Crippen molar-refractivity contribution in [1.29, 1.82) is 0 Å². The molecule has 154 valence electrons. The minimum absolute atomic E-state index is 0.173. The molecule has 4 aromatic rings. The number of pyridine rings is 1. The highest BCUT2D eigenvalue weighted by Crippen LogP contribution is 2.43. The van der Waals surface area contributed by atoms with Gasteiger partial charge >= 0.3 is 0 Å². The van der Waals surface area contributed by atoms with Crippen molar-refractivity contribution in [3.05, 3.63) is 107 Å². The molecule has 2 aromatic heterocycles. The third-order valence-electron chi connectivity index (χ3n) is 5.25. The van der Waals surface area contributed by atoms with Gasteiger partial charge in [0.05, 0.1) is 11.7 Å². The van der Waals surface area contributed by atoms with E-state index in [4.69, 9.17) is 39.8 Å². The first-order valence-corrected chi connectivity index (χ1v) is 10.9. The van der Waals surface area contributed by atoms with Crippen LogP contribution in [0.15, 0.2) is 89.5 Å². The van der Waals surface area contributed by atoms with Crippen LogP contribution in [-0.2, 0) is 0 Å². The average molecular weight is 466 g/mol. The number of hydrogen-bond donors (Lipinski definition) is 1. The summed E-state index contributed by atoms with van der Waals surface area (Å²) in [5.74, 6) is 1.54. The molecule has 1 fully saturated rings. The SMILES string of the molecule is S=C1N[C@@H](c2ccccn2)[C@H](c2ccc(-c3ccc(Cl)cc3)o2)N1c1ccc(Cl)cc1. The molecular formula is C24H17Cl2N3OS. The minimum atomic E-state index is -0.218. The smallest absolute Gasteiger partial charge is 0.174 e. The first-order chi connectivity index (χ1) is 15.1. The van der Waals surface area contributed by atoms with Crippen LogP contribution in [0.3, 0.4) is 0 Å². The van der Waals surface area contributed by atoms with Gasteiger partial charge in [-0.25, -0.2) is 0 Å². The molecule has 0 amide bonds. The maximum atomic E-state index is 6.33. The Bertz CT molecular complexity index is 1210. The second kappa shape index (κ2) is 8.35. The fraction of sp³-hybridized carbons (Fsp3) is 0.0833. The topological polar surface area (TPSA) is 41.3 Å². The third-order valence-corrected chi connectivity index (χ3v) is 6.07. The number of aromatic nitrogens is 1. The Kier molecular flexibility index (Phi) is 5.40. The number of rotatable bonds is 4. The molecule has 5 rings (SSSR count). The highest BCUT2D eigenvalue weighted by atomic mass is 35.5. The van der Waals surface area contributed by atoms with Gasteiger partial charge in [-0.15, -0.1) is 0 Å². The van der Waals surface area contributed by atoms with E-state index in [-0.39, 0.29) is 12.1 Å². The molecule has 0 radical (unpaired) electrons. The molecule has 1 saturated heterocycles. The van der Waals surface area contributed by atoms with Gasteiger partial charge in [0.15, 0.2) is 5.11 Å². The van der Waals surface area contributed by atoms with E-state index in [1.807, 2.05) is 78.9 Å². The van der Waals surface area contributed by atoms with Crippen LogP contribution in [0.5, 0.6) is 0 Å². The molecule has 0 unspecified atom stereocenters. The standard InChI is InChI=1S/C24H17Cl2N3OS/c25-16-6-4-15(5-7-16)20-12-13-21(30-20)23-22(19-3-1-2-14-27-19)28-24(31)29(23)18-10-8-17(26)9-11-18/h1-14,22-23H,(H,28,31)/t22-,23-/m0/s1. The van der Waals surface area contributed by atoms with E-state index in [9.17, 15) is 0 Å². The lowest BCUT2D eigenvalue weighted by molar-refractivity contribution is 0.439. The lowest BCUT2D eigenvalue weighted by Gasteiger charge is -2.26. The zero-order chi connectivity index (χ0) is 21.4. The number of hydrogen-bond acceptors (Lipinski definition) is 3. The molecule has 31 heavy (non-hydrogen) atoms. The molecule has 0 bridgehead atoms. The van der Waals surface area contributed by atoms with Crippen molar-refractivity contribution < 1.29 is 4.42 Å². The van der Waals surface area contributed by atoms with Crippen LogP contribution < -0.4 is 10.2 Å². The van der Waals surface area contributed by atoms with Crippen LogP contribution in [-0.4, -0.2) is 10.1 Å². The van der Waals surface area contributed by atoms with Gasteiger partial charge in [-0.1, -0.05) is 29.3 Å². The van der Waals surface area contributed by atoms with Crippen LogP contribution in [0, 0.1) is 0 Å². The maximum Gasteiger partial charge on any atom is 0.174 e. The number of nitrogens with one attached hydrogen (secondary N) is 1. The van der Waals surface area contributed by atoms with Crippen molar-refractivity contribution in [2.75, 3.05) is 4.90 Å². The van der Waals surface area contributed by atoms with E-state index in [1.54, 1.807) is 6.20 Å². The molecule has 3 heterocycles. The van der Waals surface area contributed by atoms with Crippen molar-refractivity contribution in [3.8, 4) is 11.3 Å². The summed E-state index contributed by atoms with van der Waals surface area (Å²) >= 11 is 17.9. The van der Waals surface area contributed by atoms with E-state index >= 15 is 0 Å². The van der Waals surface area contributed by atoms with Crippen molar-refractivity contribution in [1.82, 2.24) is 10.3 Å². The number of nitrogens with zero attached hydrogens (tertiary/aromatic N) is 2. The second-order valence-electron chi connectivity index (χ2n) is 7.18. The van der Waals surface area contributed by atoms with Crippen LogP contribution >= 0.6 is 35.4 Å². The predicted molar refractivity (Wildman–Crippen MR) is 129 cm³/mol. The summed E-state index contributed by atoms with van der Waals surface area (Å²) in [7, 11) is 0.